The van der Waals surface area contributed by atoms with Crippen LogP contribution >= 0.6 is 0 Å². The number of likely N-dealkylation sites (tertiary alicyclic amines) is 1. The van der Waals surface area contributed by atoms with Crippen molar-refractivity contribution < 1.29 is 14.3 Å². The Bertz CT molecular complexity index is 914. The van der Waals surface area contributed by atoms with E-state index >= 15 is 0 Å². The fourth-order valence-electron chi connectivity index (χ4n) is 5.33. The molecule has 0 bridgehead atoms. The highest BCUT2D eigenvalue weighted by Crippen LogP contribution is 2.49. The lowest BCUT2D eigenvalue weighted by molar-refractivity contribution is -0.131. The zero-order chi connectivity index (χ0) is 21.1. The van der Waals surface area contributed by atoms with Crippen molar-refractivity contribution in [2.24, 2.45) is 5.92 Å². The second kappa shape index (κ2) is 8.60. The molecule has 2 aromatic carbocycles. The summed E-state index contributed by atoms with van der Waals surface area (Å²) in [4.78, 5) is 26.6. The molecule has 2 aromatic rings. The monoisotopic (exact) mass is 406 g/mol. The lowest BCUT2D eigenvalue weighted by atomic mass is 9.58. The van der Waals surface area contributed by atoms with Crippen LogP contribution in [0.25, 0.3) is 0 Å². The summed E-state index contributed by atoms with van der Waals surface area (Å²) in [5.74, 6) is 0.813. The van der Waals surface area contributed by atoms with E-state index < -0.39 is 0 Å². The quantitative estimate of drug-likeness (QED) is 0.620. The number of hydrogen-bond donors (Lipinski definition) is 1. The van der Waals surface area contributed by atoms with Gasteiger partial charge in [0, 0.05) is 30.5 Å². The lowest BCUT2D eigenvalue weighted by Crippen LogP contribution is -2.55. The maximum absolute atomic E-state index is 12.8. The maximum atomic E-state index is 12.8. The Labute approximate surface area is 178 Å². The predicted octanol–water partition coefficient (Wildman–Crippen LogP) is 3.78. The summed E-state index contributed by atoms with van der Waals surface area (Å²) in [6, 6.07) is 17.6. The van der Waals surface area contributed by atoms with Gasteiger partial charge in [-0.15, -0.1) is 0 Å². The number of carbonyl (C=O) groups is 2. The summed E-state index contributed by atoms with van der Waals surface area (Å²) < 4.78 is 5.37. The van der Waals surface area contributed by atoms with Gasteiger partial charge < -0.3 is 15.0 Å². The van der Waals surface area contributed by atoms with Crippen LogP contribution in [0.3, 0.4) is 0 Å². The molecule has 1 heterocycles. The topological polar surface area (TPSA) is 58.6 Å². The largest absolute Gasteiger partial charge is 0.427 e. The van der Waals surface area contributed by atoms with Crippen molar-refractivity contribution in [3.63, 3.8) is 0 Å². The molecule has 3 atom stereocenters. The van der Waals surface area contributed by atoms with Crippen molar-refractivity contribution >= 4 is 11.9 Å². The van der Waals surface area contributed by atoms with Crippen LogP contribution in [-0.4, -0.2) is 43.0 Å². The van der Waals surface area contributed by atoms with Crippen LogP contribution in [0.5, 0.6) is 5.75 Å². The third-order valence-electron chi connectivity index (χ3n) is 6.77. The molecule has 5 nitrogen and oxygen atoms in total. The summed E-state index contributed by atoms with van der Waals surface area (Å²) in [6.45, 7) is 3.50. The van der Waals surface area contributed by atoms with Gasteiger partial charge in [-0.2, -0.15) is 0 Å². The molecular weight excluding hydrogens is 376 g/mol. The highest BCUT2D eigenvalue weighted by atomic mass is 16.5. The number of piperidine rings is 1. The Balaban J connectivity index is 1.60. The van der Waals surface area contributed by atoms with E-state index in [1.165, 1.54) is 12.5 Å². The van der Waals surface area contributed by atoms with Gasteiger partial charge in [-0.05, 0) is 75.0 Å². The normalized spacial score (nSPS) is 26.5. The van der Waals surface area contributed by atoms with E-state index in [-0.39, 0.29) is 23.3 Å². The third-order valence-corrected chi connectivity index (χ3v) is 6.77. The van der Waals surface area contributed by atoms with Gasteiger partial charge in [0.15, 0.2) is 0 Å². The van der Waals surface area contributed by atoms with Crippen LogP contribution in [0.15, 0.2) is 54.6 Å². The highest BCUT2D eigenvalue weighted by Gasteiger charge is 2.47. The number of hydrogen-bond acceptors (Lipinski definition) is 4. The first kappa shape index (κ1) is 20.6. The van der Waals surface area contributed by atoms with Gasteiger partial charge in [-0.1, -0.05) is 30.3 Å². The molecule has 0 spiro atoms. The fourth-order valence-corrected chi connectivity index (χ4v) is 5.33. The first-order valence-corrected chi connectivity index (χ1v) is 10.8. The van der Waals surface area contributed by atoms with Crippen LogP contribution in [-0.2, 0) is 10.2 Å². The molecule has 0 radical (unpaired) electrons. The fraction of sp³-hybridized carbons (Fsp3) is 0.440. The van der Waals surface area contributed by atoms with Gasteiger partial charge >= 0.3 is 5.97 Å². The second-order valence-electron chi connectivity index (χ2n) is 8.80. The molecule has 158 valence electrons. The zero-order valence-electron chi connectivity index (χ0n) is 17.8. The van der Waals surface area contributed by atoms with Crippen molar-refractivity contribution in [3.8, 4) is 5.75 Å². The van der Waals surface area contributed by atoms with Gasteiger partial charge in [0.05, 0.1) is 0 Å². The van der Waals surface area contributed by atoms with E-state index in [0.29, 0.717) is 17.2 Å². The molecule has 2 unspecified atom stereocenters. The van der Waals surface area contributed by atoms with E-state index in [1.54, 1.807) is 0 Å². The molecule has 30 heavy (non-hydrogen) atoms. The van der Waals surface area contributed by atoms with Gasteiger partial charge in [-0.25, -0.2) is 0 Å². The van der Waals surface area contributed by atoms with E-state index in [0.717, 1.165) is 38.8 Å². The molecular formula is C25H30N2O3. The highest BCUT2D eigenvalue weighted by molar-refractivity contribution is 5.94. The Morgan fingerprint density at radius 3 is 2.67 bits per heavy atom. The Morgan fingerprint density at radius 1 is 1.10 bits per heavy atom. The average molecular weight is 407 g/mol. The zero-order valence-corrected chi connectivity index (χ0v) is 17.8. The molecule has 4 rings (SSSR count). The summed E-state index contributed by atoms with van der Waals surface area (Å²) in [5, 5.41) is 3.28. The number of esters is 1. The van der Waals surface area contributed by atoms with E-state index in [2.05, 4.69) is 23.3 Å². The summed E-state index contributed by atoms with van der Waals surface area (Å²) >= 11 is 0. The Kier molecular flexibility index (Phi) is 5.91. The summed E-state index contributed by atoms with van der Waals surface area (Å²) in [6.07, 6.45) is 4.01. The van der Waals surface area contributed by atoms with Crippen molar-refractivity contribution in [2.75, 3.05) is 20.1 Å². The Morgan fingerprint density at radius 2 is 1.90 bits per heavy atom. The van der Waals surface area contributed by atoms with Crippen LogP contribution < -0.4 is 10.1 Å². The number of carbonyl (C=O) groups excluding carboxylic acids is 2. The molecule has 1 amide bonds. The third kappa shape index (κ3) is 4.26. The summed E-state index contributed by atoms with van der Waals surface area (Å²) in [7, 11) is 2.18. The minimum absolute atomic E-state index is 0.00390. The van der Waals surface area contributed by atoms with Crippen molar-refractivity contribution in [3.05, 3.63) is 65.7 Å². The van der Waals surface area contributed by atoms with Gasteiger partial charge in [0.1, 0.15) is 5.75 Å². The van der Waals surface area contributed by atoms with E-state index in [1.807, 2.05) is 48.5 Å². The average Bonchev–Trinajstić information content (AvgIpc) is 2.74. The minimum Gasteiger partial charge on any atom is -0.427 e. The molecule has 1 saturated carbocycles. The molecule has 1 N–H and O–H groups in total. The van der Waals surface area contributed by atoms with Gasteiger partial charge in [0.2, 0.25) is 0 Å². The molecule has 0 aromatic heterocycles. The number of benzene rings is 2. The number of amides is 1. The smallest absolute Gasteiger partial charge is 0.308 e. The van der Waals surface area contributed by atoms with E-state index in [4.69, 9.17) is 4.74 Å². The van der Waals surface area contributed by atoms with E-state index in [9.17, 15) is 9.59 Å². The number of rotatable bonds is 4. The SMILES string of the molecule is CC(=O)Oc1cccc(C23CCN(C)CC2CC[C@H](NC(=O)c2ccccc2)C3)c1. The Hall–Kier alpha value is -2.66. The second-order valence-corrected chi connectivity index (χ2v) is 8.80. The van der Waals surface area contributed by atoms with Gasteiger partial charge in [-0.3, -0.25) is 9.59 Å². The predicted molar refractivity (Wildman–Crippen MR) is 117 cm³/mol. The maximum Gasteiger partial charge on any atom is 0.308 e. The lowest BCUT2D eigenvalue weighted by Gasteiger charge is -2.52. The van der Waals surface area contributed by atoms with Crippen molar-refractivity contribution in [2.45, 2.75) is 44.1 Å². The number of nitrogens with one attached hydrogen (secondary N) is 1. The van der Waals surface area contributed by atoms with Crippen molar-refractivity contribution in [1.29, 1.82) is 0 Å². The molecule has 1 aliphatic heterocycles. The number of nitrogens with zero attached hydrogens (tertiary/aromatic N) is 1. The molecule has 5 heteroatoms. The van der Waals surface area contributed by atoms with Crippen LogP contribution in [0.2, 0.25) is 0 Å². The molecule has 2 fully saturated rings. The van der Waals surface area contributed by atoms with Crippen molar-refractivity contribution in [1.82, 2.24) is 10.2 Å². The van der Waals surface area contributed by atoms with Crippen LogP contribution in [0.4, 0.5) is 0 Å². The minimum atomic E-state index is -0.304. The van der Waals surface area contributed by atoms with Crippen LogP contribution in [0, 0.1) is 5.92 Å². The molecule has 2 aliphatic rings. The molecule has 1 aliphatic carbocycles. The number of ether oxygens (including phenoxy) is 1. The van der Waals surface area contributed by atoms with Gasteiger partial charge in [0.25, 0.3) is 5.91 Å². The van der Waals surface area contributed by atoms with Crippen LogP contribution in [0.1, 0.15) is 48.5 Å². The standard InChI is InChI=1S/C25H30N2O3/c1-18(28)30-23-10-6-9-20(15-23)25-13-14-27(2)17-21(25)11-12-22(16-25)26-24(29)19-7-4-3-5-8-19/h3-10,15,21-22H,11-14,16-17H2,1-2H3,(H,26,29)/t21?,22-,25?/m0/s1. The summed E-state index contributed by atoms with van der Waals surface area (Å²) in [5.41, 5.74) is 1.90. The first-order valence-electron chi connectivity index (χ1n) is 10.8. The number of fused-ring (bicyclic) bond motifs is 1. The molecule has 1 saturated heterocycles. The first-order chi connectivity index (χ1) is 14.5.